The molecule has 1 aromatic carbocycles. The molecule has 1 atom stereocenters. The van der Waals surface area contributed by atoms with Crippen LogP contribution in [0.5, 0.6) is 0 Å². The molecule has 4 rings (SSSR count). The van der Waals surface area contributed by atoms with Gasteiger partial charge in [-0.1, -0.05) is 13.0 Å². The average molecular weight is 376 g/mol. The van der Waals surface area contributed by atoms with Crippen LogP contribution in [-0.2, 0) is 0 Å². The van der Waals surface area contributed by atoms with E-state index in [0.29, 0.717) is 11.6 Å². The Morgan fingerprint density at radius 2 is 1.79 bits per heavy atom. The first kappa shape index (κ1) is 18.9. The monoisotopic (exact) mass is 375 g/mol. The molecule has 0 aliphatic heterocycles. The van der Waals surface area contributed by atoms with Crippen LogP contribution in [0.4, 0.5) is 0 Å². The minimum absolute atomic E-state index is 0.00360. The van der Waals surface area contributed by atoms with E-state index in [0.717, 1.165) is 23.1 Å². The number of hydrogen-bond donors (Lipinski definition) is 0. The van der Waals surface area contributed by atoms with Gasteiger partial charge in [-0.3, -0.25) is 9.36 Å². The van der Waals surface area contributed by atoms with E-state index in [1.54, 1.807) is 0 Å². The van der Waals surface area contributed by atoms with Gasteiger partial charge in [0.15, 0.2) is 5.65 Å². The molecule has 1 fully saturated rings. The fourth-order valence-corrected chi connectivity index (χ4v) is 4.44. The highest BCUT2D eigenvalue weighted by Gasteiger charge is 2.33. The standard InChI is InChI=1S/C24H29N3O/c1-7-21(18-8-9-18)27-23-22(26-17(6)24(27)28)19(10-11-25-23)20-12-13(2)14(3)15(4)16(20)5/h10-12,18,21H,7-9H2,1-6H3. The van der Waals surface area contributed by atoms with Gasteiger partial charge in [-0.05, 0) is 93.7 Å². The first-order valence-corrected chi connectivity index (χ1v) is 10.3. The molecule has 0 N–H and O–H groups in total. The highest BCUT2D eigenvalue weighted by molar-refractivity contribution is 5.91. The van der Waals surface area contributed by atoms with Crippen LogP contribution >= 0.6 is 0 Å². The quantitative estimate of drug-likeness (QED) is 0.616. The number of nitrogens with zero attached hydrogens (tertiary/aromatic N) is 3. The molecule has 4 nitrogen and oxygen atoms in total. The maximum absolute atomic E-state index is 13.0. The summed E-state index contributed by atoms with van der Waals surface area (Å²) < 4.78 is 1.93. The number of aromatic nitrogens is 3. The zero-order chi connectivity index (χ0) is 20.2. The van der Waals surface area contributed by atoms with Gasteiger partial charge < -0.3 is 0 Å². The first-order valence-electron chi connectivity index (χ1n) is 10.3. The van der Waals surface area contributed by atoms with E-state index in [2.05, 4.69) is 45.7 Å². The molecular formula is C24H29N3O. The third-order valence-electron chi connectivity index (χ3n) is 6.63. The van der Waals surface area contributed by atoms with Crippen molar-refractivity contribution in [3.05, 3.63) is 56.6 Å². The van der Waals surface area contributed by atoms with Gasteiger partial charge in [0.1, 0.15) is 11.2 Å². The van der Waals surface area contributed by atoms with Gasteiger partial charge in [0.2, 0.25) is 0 Å². The minimum Gasteiger partial charge on any atom is -0.286 e. The summed E-state index contributed by atoms with van der Waals surface area (Å²) in [7, 11) is 0. The lowest BCUT2D eigenvalue weighted by Crippen LogP contribution is -2.29. The van der Waals surface area contributed by atoms with E-state index in [4.69, 9.17) is 4.98 Å². The van der Waals surface area contributed by atoms with Crippen molar-refractivity contribution in [2.24, 2.45) is 5.92 Å². The second-order valence-electron chi connectivity index (χ2n) is 8.33. The molecule has 28 heavy (non-hydrogen) atoms. The Morgan fingerprint density at radius 3 is 2.43 bits per heavy atom. The molecule has 1 saturated carbocycles. The summed E-state index contributed by atoms with van der Waals surface area (Å²) in [6.07, 6.45) is 5.16. The van der Waals surface area contributed by atoms with Crippen LogP contribution in [-0.4, -0.2) is 14.5 Å². The molecule has 0 amide bonds. The van der Waals surface area contributed by atoms with Crippen molar-refractivity contribution in [1.29, 1.82) is 0 Å². The molecule has 0 spiro atoms. The van der Waals surface area contributed by atoms with Crippen LogP contribution in [0.1, 0.15) is 60.2 Å². The van der Waals surface area contributed by atoms with Crippen molar-refractivity contribution in [1.82, 2.24) is 14.5 Å². The third kappa shape index (κ3) is 2.86. The lowest BCUT2D eigenvalue weighted by molar-refractivity contribution is 0.428. The van der Waals surface area contributed by atoms with Gasteiger partial charge in [-0.15, -0.1) is 0 Å². The zero-order valence-corrected chi connectivity index (χ0v) is 17.8. The molecule has 3 aromatic rings. The van der Waals surface area contributed by atoms with E-state index < -0.39 is 0 Å². The van der Waals surface area contributed by atoms with Crippen LogP contribution < -0.4 is 5.56 Å². The number of aryl methyl sites for hydroxylation is 2. The second kappa shape index (κ2) is 6.84. The Hall–Kier alpha value is -2.49. The lowest BCUT2D eigenvalue weighted by Gasteiger charge is -2.21. The first-order chi connectivity index (χ1) is 13.3. The SMILES string of the molecule is CCC(C1CC1)n1c(=O)c(C)nc2c(-c3cc(C)c(C)c(C)c3C)ccnc21. The molecule has 146 valence electrons. The summed E-state index contributed by atoms with van der Waals surface area (Å²) in [5.74, 6) is 0.587. The molecule has 0 saturated heterocycles. The molecule has 1 aliphatic carbocycles. The summed E-state index contributed by atoms with van der Waals surface area (Å²) in [4.78, 5) is 22.4. The van der Waals surface area contributed by atoms with Crippen molar-refractivity contribution in [2.75, 3.05) is 0 Å². The molecule has 4 heteroatoms. The molecule has 0 radical (unpaired) electrons. The summed E-state index contributed by atoms with van der Waals surface area (Å²) in [5.41, 5.74) is 9.56. The highest BCUT2D eigenvalue weighted by Crippen LogP contribution is 2.42. The summed E-state index contributed by atoms with van der Waals surface area (Å²) in [6, 6.07) is 4.50. The fourth-order valence-electron chi connectivity index (χ4n) is 4.44. The van der Waals surface area contributed by atoms with Crippen LogP contribution in [0.25, 0.3) is 22.3 Å². The van der Waals surface area contributed by atoms with Crippen LogP contribution in [0.2, 0.25) is 0 Å². The molecular weight excluding hydrogens is 346 g/mol. The Balaban J connectivity index is 2.06. The van der Waals surface area contributed by atoms with Crippen LogP contribution in [0.3, 0.4) is 0 Å². The number of fused-ring (bicyclic) bond motifs is 1. The Morgan fingerprint density at radius 1 is 1.07 bits per heavy atom. The molecule has 1 aliphatic rings. The van der Waals surface area contributed by atoms with E-state index in [1.165, 1.54) is 40.7 Å². The topological polar surface area (TPSA) is 47.8 Å². The van der Waals surface area contributed by atoms with Gasteiger partial charge in [0.05, 0.1) is 0 Å². The Labute approximate surface area is 166 Å². The molecule has 2 heterocycles. The average Bonchev–Trinajstić information content (AvgIpc) is 3.51. The minimum atomic E-state index is 0.00360. The predicted molar refractivity (Wildman–Crippen MR) is 115 cm³/mol. The molecule has 0 bridgehead atoms. The van der Waals surface area contributed by atoms with E-state index in [-0.39, 0.29) is 11.6 Å². The summed E-state index contributed by atoms with van der Waals surface area (Å²) in [6.45, 7) is 12.7. The number of pyridine rings is 1. The van der Waals surface area contributed by atoms with E-state index in [1.807, 2.05) is 23.8 Å². The Bertz CT molecular complexity index is 1140. The maximum Gasteiger partial charge on any atom is 0.273 e. The normalized spacial score (nSPS) is 15.2. The lowest BCUT2D eigenvalue weighted by atomic mass is 9.91. The van der Waals surface area contributed by atoms with Crippen molar-refractivity contribution >= 4 is 11.2 Å². The van der Waals surface area contributed by atoms with Crippen molar-refractivity contribution < 1.29 is 0 Å². The van der Waals surface area contributed by atoms with Gasteiger partial charge in [-0.25, -0.2) is 9.97 Å². The van der Waals surface area contributed by atoms with Gasteiger partial charge >= 0.3 is 0 Å². The van der Waals surface area contributed by atoms with Gasteiger partial charge in [-0.2, -0.15) is 0 Å². The summed E-state index contributed by atoms with van der Waals surface area (Å²) >= 11 is 0. The number of rotatable bonds is 4. The largest absolute Gasteiger partial charge is 0.286 e. The van der Waals surface area contributed by atoms with Gasteiger partial charge in [0.25, 0.3) is 5.56 Å². The van der Waals surface area contributed by atoms with Crippen molar-refractivity contribution in [2.45, 2.75) is 66.8 Å². The Kier molecular flexibility index (Phi) is 4.60. The van der Waals surface area contributed by atoms with E-state index >= 15 is 0 Å². The molecule has 1 unspecified atom stereocenters. The van der Waals surface area contributed by atoms with E-state index in [9.17, 15) is 4.79 Å². The van der Waals surface area contributed by atoms with Crippen LogP contribution in [0, 0.1) is 40.5 Å². The number of hydrogen-bond acceptors (Lipinski definition) is 3. The van der Waals surface area contributed by atoms with Crippen molar-refractivity contribution in [3.63, 3.8) is 0 Å². The maximum atomic E-state index is 13.0. The second-order valence-corrected chi connectivity index (χ2v) is 8.33. The zero-order valence-electron chi connectivity index (χ0n) is 17.8. The number of benzene rings is 1. The third-order valence-corrected chi connectivity index (χ3v) is 6.63. The summed E-state index contributed by atoms with van der Waals surface area (Å²) in [5, 5.41) is 0. The fraction of sp³-hybridized carbons (Fsp3) is 0.458. The molecule has 2 aromatic heterocycles. The van der Waals surface area contributed by atoms with Gasteiger partial charge in [0, 0.05) is 17.8 Å². The van der Waals surface area contributed by atoms with Crippen molar-refractivity contribution in [3.8, 4) is 11.1 Å². The predicted octanol–water partition coefficient (Wildman–Crippen LogP) is 5.36. The highest BCUT2D eigenvalue weighted by atomic mass is 16.1. The van der Waals surface area contributed by atoms with Crippen LogP contribution in [0.15, 0.2) is 23.1 Å². The smallest absolute Gasteiger partial charge is 0.273 e.